The number of carbonyl (C=O) groups excluding carboxylic acids is 1. The lowest BCUT2D eigenvalue weighted by Crippen LogP contribution is -2.42. The van der Waals surface area contributed by atoms with Crippen LogP contribution in [0.2, 0.25) is 0 Å². The molecule has 0 heterocycles. The molecular formula is C17H27NO3. The van der Waals surface area contributed by atoms with E-state index < -0.39 is 5.60 Å². The van der Waals surface area contributed by atoms with Crippen LogP contribution in [-0.2, 0) is 9.53 Å². The van der Waals surface area contributed by atoms with Crippen molar-refractivity contribution in [1.29, 1.82) is 0 Å². The van der Waals surface area contributed by atoms with Crippen molar-refractivity contribution in [3.63, 3.8) is 0 Å². The van der Waals surface area contributed by atoms with Gasteiger partial charge in [0, 0.05) is 12.3 Å². The molecule has 0 spiro atoms. The van der Waals surface area contributed by atoms with Crippen LogP contribution < -0.4 is 10.1 Å². The minimum Gasteiger partial charge on any atom is -0.494 e. The summed E-state index contributed by atoms with van der Waals surface area (Å²) in [5.41, 5.74) is -0.0190. The Balaban J connectivity index is 2.71. The summed E-state index contributed by atoms with van der Waals surface area (Å²) in [5, 5.41) is 2.93. The Morgan fingerprint density at radius 1 is 1.14 bits per heavy atom. The third-order valence-electron chi connectivity index (χ3n) is 3.37. The number of unbranched alkanes of at least 4 members (excludes halogenated alkanes) is 1. The highest BCUT2D eigenvalue weighted by atomic mass is 16.5. The Hall–Kier alpha value is -1.55. The highest BCUT2D eigenvalue weighted by molar-refractivity contribution is 5.97. The number of benzene rings is 1. The predicted molar refractivity (Wildman–Crippen MR) is 85.8 cm³/mol. The number of nitrogens with one attached hydrogen (secondary N) is 1. The van der Waals surface area contributed by atoms with Gasteiger partial charge in [-0.1, -0.05) is 19.8 Å². The molecule has 1 rings (SSSR count). The number of amides is 1. The van der Waals surface area contributed by atoms with Crippen LogP contribution >= 0.6 is 0 Å². The fraction of sp³-hybridized carbons (Fsp3) is 0.588. The second-order valence-corrected chi connectivity index (χ2v) is 5.18. The van der Waals surface area contributed by atoms with Crippen molar-refractivity contribution < 1.29 is 14.3 Å². The molecule has 1 N–H and O–H groups in total. The Kier molecular flexibility index (Phi) is 7.23. The molecule has 1 aromatic carbocycles. The SMILES string of the molecule is CCCC[C@](C)(OCC)C(=O)Nc1ccc(OCC)cc1. The van der Waals surface area contributed by atoms with Gasteiger partial charge in [-0.25, -0.2) is 0 Å². The molecule has 21 heavy (non-hydrogen) atoms. The van der Waals surface area contributed by atoms with Gasteiger partial charge in [0.25, 0.3) is 5.91 Å². The molecule has 4 nitrogen and oxygen atoms in total. The van der Waals surface area contributed by atoms with E-state index in [-0.39, 0.29) is 5.91 Å². The van der Waals surface area contributed by atoms with Crippen LogP contribution in [0.4, 0.5) is 5.69 Å². The summed E-state index contributed by atoms with van der Waals surface area (Å²) in [6.07, 6.45) is 2.73. The molecule has 0 bridgehead atoms. The average Bonchev–Trinajstić information content (AvgIpc) is 2.47. The smallest absolute Gasteiger partial charge is 0.256 e. The van der Waals surface area contributed by atoms with Crippen LogP contribution in [0, 0.1) is 0 Å². The predicted octanol–water partition coefficient (Wildman–Crippen LogP) is 4.01. The van der Waals surface area contributed by atoms with Gasteiger partial charge in [0.1, 0.15) is 11.4 Å². The van der Waals surface area contributed by atoms with E-state index >= 15 is 0 Å². The van der Waals surface area contributed by atoms with Gasteiger partial charge in [0.15, 0.2) is 0 Å². The van der Waals surface area contributed by atoms with Gasteiger partial charge in [0.2, 0.25) is 0 Å². The Morgan fingerprint density at radius 2 is 1.81 bits per heavy atom. The molecule has 0 aliphatic heterocycles. The largest absolute Gasteiger partial charge is 0.494 e. The Morgan fingerprint density at radius 3 is 2.33 bits per heavy atom. The number of carbonyl (C=O) groups is 1. The Labute approximate surface area is 127 Å². The highest BCUT2D eigenvalue weighted by Crippen LogP contribution is 2.22. The molecule has 1 aromatic rings. The molecule has 0 radical (unpaired) electrons. The number of hydrogen-bond acceptors (Lipinski definition) is 3. The standard InChI is InChI=1S/C17H27NO3/c1-5-8-13-17(4,21-7-3)16(19)18-14-9-11-15(12-10-14)20-6-2/h9-12H,5-8,13H2,1-4H3,(H,18,19)/t17-/m0/s1. The summed E-state index contributed by atoms with van der Waals surface area (Å²) in [4.78, 5) is 12.5. The van der Waals surface area contributed by atoms with E-state index in [0.717, 1.165) is 30.7 Å². The van der Waals surface area contributed by atoms with Crippen molar-refractivity contribution in [2.24, 2.45) is 0 Å². The summed E-state index contributed by atoms with van der Waals surface area (Å²) >= 11 is 0. The van der Waals surface area contributed by atoms with Crippen molar-refractivity contribution >= 4 is 11.6 Å². The lowest BCUT2D eigenvalue weighted by molar-refractivity contribution is -0.139. The molecular weight excluding hydrogens is 266 g/mol. The minimum atomic E-state index is -0.774. The molecule has 1 amide bonds. The van der Waals surface area contributed by atoms with Gasteiger partial charge < -0.3 is 14.8 Å². The number of rotatable bonds is 9. The number of anilines is 1. The summed E-state index contributed by atoms with van der Waals surface area (Å²) in [6.45, 7) is 8.97. The summed E-state index contributed by atoms with van der Waals surface area (Å²) in [6, 6.07) is 7.39. The number of ether oxygens (including phenoxy) is 2. The molecule has 0 unspecified atom stereocenters. The normalized spacial score (nSPS) is 13.5. The molecule has 118 valence electrons. The fourth-order valence-corrected chi connectivity index (χ4v) is 2.15. The van der Waals surface area contributed by atoms with E-state index in [1.54, 1.807) is 0 Å². The number of hydrogen-bond donors (Lipinski definition) is 1. The first kappa shape index (κ1) is 17.5. The van der Waals surface area contributed by atoms with Gasteiger partial charge in [-0.15, -0.1) is 0 Å². The third-order valence-corrected chi connectivity index (χ3v) is 3.37. The van der Waals surface area contributed by atoms with Crippen LogP contribution in [0.25, 0.3) is 0 Å². The molecule has 0 aromatic heterocycles. The fourth-order valence-electron chi connectivity index (χ4n) is 2.15. The van der Waals surface area contributed by atoms with Crippen molar-refractivity contribution in [3.8, 4) is 5.75 Å². The van der Waals surface area contributed by atoms with Crippen LogP contribution in [0.3, 0.4) is 0 Å². The zero-order valence-electron chi connectivity index (χ0n) is 13.6. The molecule has 1 atom stereocenters. The van der Waals surface area contributed by atoms with Crippen LogP contribution in [0.1, 0.15) is 47.0 Å². The minimum absolute atomic E-state index is 0.0954. The molecule has 4 heteroatoms. The van der Waals surface area contributed by atoms with Crippen molar-refractivity contribution in [2.45, 2.75) is 52.6 Å². The Bertz CT molecular complexity index is 430. The maximum absolute atomic E-state index is 12.5. The van der Waals surface area contributed by atoms with Gasteiger partial charge >= 0.3 is 0 Å². The zero-order valence-corrected chi connectivity index (χ0v) is 13.6. The lowest BCUT2D eigenvalue weighted by Gasteiger charge is -2.28. The van der Waals surface area contributed by atoms with Gasteiger partial charge in [-0.2, -0.15) is 0 Å². The van der Waals surface area contributed by atoms with Crippen molar-refractivity contribution in [3.05, 3.63) is 24.3 Å². The monoisotopic (exact) mass is 293 g/mol. The van der Waals surface area contributed by atoms with Crippen LogP contribution in [0.15, 0.2) is 24.3 Å². The summed E-state index contributed by atoms with van der Waals surface area (Å²) in [5.74, 6) is 0.705. The first-order chi connectivity index (χ1) is 10.1. The molecule has 0 aliphatic rings. The van der Waals surface area contributed by atoms with Gasteiger partial charge in [-0.05, 0) is 51.5 Å². The van der Waals surface area contributed by atoms with E-state index in [9.17, 15) is 4.79 Å². The lowest BCUT2D eigenvalue weighted by atomic mass is 9.97. The summed E-state index contributed by atoms with van der Waals surface area (Å²) in [7, 11) is 0. The first-order valence-corrected chi connectivity index (χ1v) is 7.74. The molecule has 0 saturated carbocycles. The van der Waals surface area contributed by atoms with Crippen LogP contribution in [0.5, 0.6) is 5.75 Å². The van der Waals surface area contributed by atoms with E-state index in [0.29, 0.717) is 13.2 Å². The van der Waals surface area contributed by atoms with E-state index in [1.165, 1.54) is 0 Å². The van der Waals surface area contributed by atoms with E-state index in [1.807, 2.05) is 45.0 Å². The van der Waals surface area contributed by atoms with Crippen LogP contribution in [-0.4, -0.2) is 24.7 Å². The second kappa shape index (κ2) is 8.67. The van der Waals surface area contributed by atoms with Gasteiger partial charge in [-0.3, -0.25) is 4.79 Å². The van der Waals surface area contributed by atoms with E-state index in [2.05, 4.69) is 12.2 Å². The first-order valence-electron chi connectivity index (χ1n) is 7.74. The van der Waals surface area contributed by atoms with Gasteiger partial charge in [0.05, 0.1) is 6.61 Å². The topological polar surface area (TPSA) is 47.6 Å². The zero-order chi connectivity index (χ0) is 15.7. The second-order valence-electron chi connectivity index (χ2n) is 5.18. The summed E-state index contributed by atoms with van der Waals surface area (Å²) < 4.78 is 11.1. The average molecular weight is 293 g/mol. The third kappa shape index (κ3) is 5.38. The quantitative estimate of drug-likeness (QED) is 0.748. The molecule has 0 fully saturated rings. The van der Waals surface area contributed by atoms with E-state index in [4.69, 9.17) is 9.47 Å². The molecule has 0 saturated heterocycles. The highest BCUT2D eigenvalue weighted by Gasteiger charge is 2.33. The van der Waals surface area contributed by atoms with Crippen molar-refractivity contribution in [1.82, 2.24) is 0 Å². The maximum atomic E-state index is 12.5. The maximum Gasteiger partial charge on any atom is 0.256 e. The molecule has 0 aliphatic carbocycles. The van der Waals surface area contributed by atoms with Crippen molar-refractivity contribution in [2.75, 3.05) is 18.5 Å².